The van der Waals surface area contributed by atoms with E-state index in [1.807, 2.05) is 19.1 Å². The Hall–Kier alpha value is -1.97. The fraction of sp³-hybridized carbons (Fsp3) is 0.500. The number of amidine groups is 1. The third-order valence-corrected chi connectivity index (χ3v) is 7.83. The minimum absolute atomic E-state index is 0.633. The number of nitrogens with zero attached hydrogens (tertiary/aromatic N) is 2. The molecular weight excluding hydrogens is 393 g/mol. The highest BCUT2D eigenvalue weighted by atomic mass is 31.1. The highest BCUT2D eigenvalue weighted by molar-refractivity contribution is 7.78. The van der Waals surface area contributed by atoms with E-state index in [4.69, 9.17) is 14.5 Å². The molecule has 0 aliphatic carbocycles. The van der Waals surface area contributed by atoms with Crippen molar-refractivity contribution < 1.29 is 9.47 Å². The second-order valence-electron chi connectivity index (χ2n) is 7.27. The van der Waals surface area contributed by atoms with Gasteiger partial charge in [0.25, 0.3) is 0 Å². The largest absolute Gasteiger partial charge is 0.498 e. The van der Waals surface area contributed by atoms with Gasteiger partial charge in [0.2, 0.25) is 0 Å². The summed E-state index contributed by atoms with van der Waals surface area (Å²) in [6, 6.07) is 0. The van der Waals surface area contributed by atoms with Crippen LogP contribution in [0.5, 0.6) is 0 Å². The standard InChI is InChI=1S/C24H38N3O2P/c1-7-11-12-22-21(9-3)27(5)24-26-23(16-18-30(22)24)25-19(8-2)13-14-20(29-10-4)15-17-28-6/h8,13-14,16,18,30H,2,7,9-12,15,17H2,1,3-6H3,(H,25,26)/b19-13+,20-14+. The molecule has 2 aliphatic heterocycles. The Kier molecular flexibility index (Phi) is 10.3. The van der Waals surface area contributed by atoms with Gasteiger partial charge in [-0.05, 0) is 63.3 Å². The molecule has 1 unspecified atom stereocenters. The number of methoxy groups -OCH3 is 1. The van der Waals surface area contributed by atoms with Crippen molar-refractivity contribution in [3.63, 3.8) is 0 Å². The lowest BCUT2D eigenvalue weighted by Gasteiger charge is -2.20. The van der Waals surface area contributed by atoms with Gasteiger partial charge in [0.15, 0.2) is 0 Å². The summed E-state index contributed by atoms with van der Waals surface area (Å²) in [5.74, 6) is 4.13. The molecular formula is C24H38N3O2P. The van der Waals surface area contributed by atoms with Gasteiger partial charge >= 0.3 is 0 Å². The van der Waals surface area contributed by atoms with Crippen LogP contribution in [0.1, 0.15) is 52.9 Å². The van der Waals surface area contributed by atoms with Crippen molar-refractivity contribution in [1.29, 1.82) is 0 Å². The van der Waals surface area contributed by atoms with E-state index in [0.29, 0.717) is 13.2 Å². The molecule has 0 aromatic heterocycles. The normalized spacial score (nSPS) is 19.2. The molecule has 0 radical (unpaired) electrons. The van der Waals surface area contributed by atoms with Crippen LogP contribution in [-0.2, 0) is 9.47 Å². The molecule has 2 rings (SSSR count). The van der Waals surface area contributed by atoms with Gasteiger partial charge in [0.1, 0.15) is 11.4 Å². The molecule has 0 aromatic carbocycles. The summed E-state index contributed by atoms with van der Waals surface area (Å²) >= 11 is 0. The first-order chi connectivity index (χ1) is 14.6. The number of hydrogen-bond donors (Lipinski definition) is 1. The molecule has 30 heavy (non-hydrogen) atoms. The summed E-state index contributed by atoms with van der Waals surface area (Å²) < 4.78 is 10.8. The monoisotopic (exact) mass is 431 g/mol. The Bertz CT molecular complexity index is 803. The molecule has 0 fully saturated rings. The lowest BCUT2D eigenvalue weighted by Crippen LogP contribution is -2.22. The molecule has 6 heteroatoms. The zero-order chi connectivity index (χ0) is 21.9. The van der Waals surface area contributed by atoms with Crippen molar-refractivity contribution in [2.75, 3.05) is 27.4 Å². The van der Waals surface area contributed by atoms with Crippen LogP contribution in [-0.4, -0.2) is 43.6 Å². The van der Waals surface area contributed by atoms with Crippen molar-refractivity contribution in [2.24, 2.45) is 4.99 Å². The molecule has 0 aromatic rings. The van der Waals surface area contributed by atoms with Gasteiger partial charge in [-0.15, -0.1) is 0 Å². The first-order valence-corrected chi connectivity index (χ1v) is 12.6. The van der Waals surface area contributed by atoms with E-state index in [2.05, 4.69) is 49.6 Å². The van der Waals surface area contributed by atoms with E-state index in [1.165, 1.54) is 30.5 Å². The molecule has 5 nitrogen and oxygen atoms in total. The smallest absolute Gasteiger partial charge is 0.134 e. The van der Waals surface area contributed by atoms with Crippen LogP contribution in [0.15, 0.2) is 64.2 Å². The van der Waals surface area contributed by atoms with E-state index in [9.17, 15) is 0 Å². The zero-order valence-electron chi connectivity index (χ0n) is 19.3. The van der Waals surface area contributed by atoms with Crippen LogP contribution in [0.25, 0.3) is 0 Å². The summed E-state index contributed by atoms with van der Waals surface area (Å²) in [4.78, 5) is 7.31. The van der Waals surface area contributed by atoms with Crippen molar-refractivity contribution in [3.05, 3.63) is 59.2 Å². The van der Waals surface area contributed by atoms with Gasteiger partial charge in [-0.2, -0.15) is 0 Å². The van der Waals surface area contributed by atoms with E-state index >= 15 is 0 Å². The number of nitrogens with one attached hydrogen (secondary N) is 1. The molecule has 1 N–H and O–H groups in total. The Morgan fingerprint density at radius 2 is 2.10 bits per heavy atom. The maximum atomic E-state index is 5.69. The summed E-state index contributed by atoms with van der Waals surface area (Å²) in [6.07, 6.45) is 13.4. The topological polar surface area (TPSA) is 46.1 Å². The minimum Gasteiger partial charge on any atom is -0.498 e. The van der Waals surface area contributed by atoms with Gasteiger partial charge in [-0.1, -0.05) is 32.6 Å². The molecule has 1 atom stereocenters. The highest BCUT2D eigenvalue weighted by Crippen LogP contribution is 2.50. The Labute approximate surface area is 183 Å². The third kappa shape index (κ3) is 6.26. The number of fused-ring (bicyclic) bond motifs is 1. The molecule has 0 bridgehead atoms. The first-order valence-electron chi connectivity index (χ1n) is 11.0. The molecule has 0 spiro atoms. The minimum atomic E-state index is -0.868. The highest BCUT2D eigenvalue weighted by Gasteiger charge is 2.29. The summed E-state index contributed by atoms with van der Waals surface area (Å²) in [5, 5.41) is 5.04. The SMILES string of the molecule is C=C/C(=C\C=C(/CCOC)OCC)NC1=CC=[PH]2C(=N1)N(C)C(CC)=C2CCCC. The molecule has 2 heterocycles. The summed E-state index contributed by atoms with van der Waals surface area (Å²) in [6.45, 7) is 11.7. The van der Waals surface area contributed by atoms with Crippen molar-refractivity contribution in [3.8, 4) is 0 Å². The average molecular weight is 432 g/mol. The summed E-state index contributed by atoms with van der Waals surface area (Å²) in [5.41, 5.74) is 3.56. The molecule has 0 saturated heterocycles. The van der Waals surface area contributed by atoms with Crippen LogP contribution < -0.4 is 5.32 Å². The average Bonchev–Trinajstić information content (AvgIpc) is 3.03. The summed E-state index contributed by atoms with van der Waals surface area (Å²) in [7, 11) is 2.99. The van der Waals surface area contributed by atoms with E-state index in [1.54, 1.807) is 18.5 Å². The van der Waals surface area contributed by atoms with E-state index in [-0.39, 0.29) is 0 Å². The van der Waals surface area contributed by atoms with Gasteiger partial charge in [0.05, 0.1) is 19.0 Å². The molecule has 2 aliphatic rings. The maximum absolute atomic E-state index is 5.69. The van der Waals surface area contributed by atoms with Crippen LogP contribution in [0.4, 0.5) is 0 Å². The van der Waals surface area contributed by atoms with Crippen LogP contribution in [0.2, 0.25) is 0 Å². The second-order valence-corrected chi connectivity index (χ2v) is 9.48. The van der Waals surface area contributed by atoms with Crippen molar-refractivity contribution >= 4 is 18.9 Å². The number of hydrogen-bond acceptors (Lipinski definition) is 5. The number of ether oxygens (including phenoxy) is 2. The van der Waals surface area contributed by atoms with Gasteiger partial charge < -0.3 is 19.7 Å². The Morgan fingerprint density at radius 1 is 1.30 bits per heavy atom. The predicted molar refractivity (Wildman–Crippen MR) is 132 cm³/mol. The van der Waals surface area contributed by atoms with Crippen molar-refractivity contribution in [2.45, 2.75) is 52.9 Å². The molecule has 0 amide bonds. The van der Waals surface area contributed by atoms with Gasteiger partial charge in [-0.25, -0.2) is 4.99 Å². The van der Waals surface area contributed by atoms with Gasteiger partial charge in [0, 0.05) is 32.0 Å². The molecule has 0 saturated carbocycles. The lowest BCUT2D eigenvalue weighted by molar-refractivity contribution is 0.162. The lowest BCUT2D eigenvalue weighted by atomic mass is 10.2. The second kappa shape index (κ2) is 12.7. The van der Waals surface area contributed by atoms with Crippen LogP contribution in [0, 0.1) is 0 Å². The van der Waals surface area contributed by atoms with Gasteiger partial charge in [-0.3, -0.25) is 0 Å². The Balaban J connectivity index is 2.19. The Morgan fingerprint density at radius 3 is 2.73 bits per heavy atom. The number of allylic oxidation sites excluding steroid dienone is 6. The number of unbranched alkanes of at least 4 members (excludes halogenated alkanes) is 1. The number of rotatable bonds is 13. The third-order valence-electron chi connectivity index (χ3n) is 5.21. The predicted octanol–water partition coefficient (Wildman–Crippen LogP) is 5.59. The quantitative estimate of drug-likeness (QED) is 0.235. The fourth-order valence-electron chi connectivity index (χ4n) is 3.66. The van der Waals surface area contributed by atoms with E-state index < -0.39 is 7.55 Å². The zero-order valence-corrected chi connectivity index (χ0v) is 20.3. The number of aliphatic imine (C=N–C) groups is 1. The first kappa shape index (κ1) is 24.3. The maximum Gasteiger partial charge on any atom is 0.134 e. The molecule has 166 valence electrons. The van der Waals surface area contributed by atoms with Crippen LogP contribution in [0.3, 0.4) is 0 Å². The van der Waals surface area contributed by atoms with Crippen molar-refractivity contribution in [1.82, 2.24) is 10.2 Å². The van der Waals surface area contributed by atoms with Crippen LogP contribution >= 0.6 is 7.55 Å². The fourth-order valence-corrected chi connectivity index (χ4v) is 6.44. The van der Waals surface area contributed by atoms with E-state index in [0.717, 1.165) is 30.1 Å².